The number of thioether (sulfide) groups is 1. The van der Waals surface area contributed by atoms with E-state index in [9.17, 15) is 9.59 Å². The lowest BCUT2D eigenvalue weighted by Crippen LogP contribution is -2.46. The normalized spacial score (nSPS) is 23.8. The first-order chi connectivity index (χ1) is 13.0. The minimum atomic E-state index is -1.26. The highest BCUT2D eigenvalue weighted by Gasteiger charge is 2.37. The second-order valence-corrected chi connectivity index (χ2v) is 8.38. The Morgan fingerprint density at radius 2 is 1.85 bits per heavy atom. The highest BCUT2D eigenvalue weighted by Crippen LogP contribution is 2.41. The van der Waals surface area contributed by atoms with Crippen LogP contribution in [0.1, 0.15) is 50.6 Å². The van der Waals surface area contributed by atoms with Crippen LogP contribution in [0, 0.1) is 5.92 Å². The third-order valence-corrected chi connectivity index (χ3v) is 6.57. The Morgan fingerprint density at radius 1 is 1.19 bits per heavy atom. The van der Waals surface area contributed by atoms with Crippen LogP contribution >= 0.6 is 23.5 Å². The molecule has 150 valence electrons. The zero-order chi connectivity index (χ0) is 19.6. The van der Waals surface area contributed by atoms with Crippen molar-refractivity contribution >= 4 is 35.4 Å². The predicted octanol–water partition coefficient (Wildman–Crippen LogP) is 3.34. The summed E-state index contributed by atoms with van der Waals surface area (Å²) in [5.41, 5.74) is 1.32. The second kappa shape index (κ2) is 11.4. The Balaban J connectivity index is 0.000000279. The number of unbranched alkanes of at least 4 members (excludes halogenated alkanes) is 2. The lowest BCUT2D eigenvalue weighted by molar-refractivity contribution is -0.134. The number of carbonyl (C=O) groups is 2. The van der Waals surface area contributed by atoms with Gasteiger partial charge in [-0.2, -0.15) is 8.75 Å². The van der Waals surface area contributed by atoms with Crippen molar-refractivity contribution in [3.8, 4) is 0 Å². The maximum Gasteiger partial charge on any atom is 0.328 e. The highest BCUT2D eigenvalue weighted by molar-refractivity contribution is 7.99. The predicted molar refractivity (Wildman–Crippen MR) is 106 cm³/mol. The van der Waals surface area contributed by atoms with Crippen LogP contribution < -0.4 is 0 Å². The van der Waals surface area contributed by atoms with Gasteiger partial charge in [0.1, 0.15) is 5.03 Å². The standard InChI is InChI=1S/C14H23N3S2.C4H4O4/c1-2-3-4-9-18-14-13(15-19-16-14)12-10-17-7-5-11(12)6-8-17;5-3(6)1-2-4(7)8/h11-12H,2-10H2,1H3;1-2H,(H,5,6)(H,7,8)/b;2-1+. The van der Waals surface area contributed by atoms with Gasteiger partial charge in [-0.1, -0.05) is 19.8 Å². The van der Waals surface area contributed by atoms with E-state index in [1.807, 2.05) is 11.8 Å². The molecule has 1 aromatic rings. The third-order valence-electron chi connectivity index (χ3n) is 4.84. The number of nitrogens with zero attached hydrogens (tertiary/aromatic N) is 3. The van der Waals surface area contributed by atoms with Crippen LogP contribution in [-0.4, -0.2) is 61.2 Å². The molecular formula is C18H27N3O4S2. The maximum atomic E-state index is 9.55. The topological polar surface area (TPSA) is 104 Å². The van der Waals surface area contributed by atoms with Gasteiger partial charge in [-0.15, -0.1) is 11.8 Å². The van der Waals surface area contributed by atoms with E-state index in [2.05, 4.69) is 20.6 Å². The minimum Gasteiger partial charge on any atom is -0.478 e. The van der Waals surface area contributed by atoms with Gasteiger partial charge >= 0.3 is 11.9 Å². The fourth-order valence-corrected chi connectivity index (χ4v) is 5.23. The molecular weight excluding hydrogens is 386 g/mol. The molecule has 2 N–H and O–H groups in total. The van der Waals surface area contributed by atoms with Crippen LogP contribution in [0.2, 0.25) is 0 Å². The first kappa shape index (κ1) is 21.8. The first-order valence-electron chi connectivity index (χ1n) is 9.32. The highest BCUT2D eigenvalue weighted by atomic mass is 32.2. The van der Waals surface area contributed by atoms with Gasteiger partial charge in [-0.25, -0.2) is 9.59 Å². The van der Waals surface area contributed by atoms with E-state index >= 15 is 0 Å². The Labute approximate surface area is 168 Å². The van der Waals surface area contributed by atoms with Crippen molar-refractivity contribution in [2.75, 3.05) is 25.4 Å². The van der Waals surface area contributed by atoms with Crippen LogP contribution in [0.15, 0.2) is 17.2 Å². The quantitative estimate of drug-likeness (QED) is 0.380. The summed E-state index contributed by atoms with van der Waals surface area (Å²) in [5, 5.41) is 16.9. The molecule has 1 atom stereocenters. The molecule has 4 heterocycles. The molecule has 0 amide bonds. The third kappa shape index (κ3) is 7.23. The van der Waals surface area contributed by atoms with Crippen molar-refractivity contribution in [2.24, 2.45) is 5.92 Å². The number of carboxylic acid groups (broad SMARTS) is 2. The average molecular weight is 414 g/mol. The lowest BCUT2D eigenvalue weighted by Gasteiger charge is -2.44. The van der Waals surface area contributed by atoms with Crippen molar-refractivity contribution < 1.29 is 19.8 Å². The number of hydrogen-bond donors (Lipinski definition) is 2. The van der Waals surface area contributed by atoms with Gasteiger partial charge in [0.15, 0.2) is 0 Å². The molecule has 3 saturated heterocycles. The molecule has 0 radical (unpaired) electrons. The molecule has 3 aliphatic heterocycles. The largest absolute Gasteiger partial charge is 0.478 e. The van der Waals surface area contributed by atoms with E-state index in [1.165, 1.54) is 79.9 Å². The molecule has 2 bridgehead atoms. The molecule has 27 heavy (non-hydrogen) atoms. The zero-order valence-corrected chi connectivity index (χ0v) is 17.2. The Morgan fingerprint density at radius 3 is 2.37 bits per heavy atom. The maximum absolute atomic E-state index is 9.55. The number of fused-ring (bicyclic) bond motifs is 3. The van der Waals surface area contributed by atoms with Crippen LogP contribution in [0.25, 0.3) is 0 Å². The summed E-state index contributed by atoms with van der Waals surface area (Å²) in [6.45, 7) is 6.09. The monoisotopic (exact) mass is 413 g/mol. The molecule has 0 saturated carbocycles. The van der Waals surface area contributed by atoms with Crippen LogP contribution in [0.5, 0.6) is 0 Å². The average Bonchev–Trinajstić information content (AvgIpc) is 3.13. The van der Waals surface area contributed by atoms with E-state index in [0.29, 0.717) is 18.1 Å². The smallest absolute Gasteiger partial charge is 0.328 e. The zero-order valence-electron chi connectivity index (χ0n) is 15.5. The summed E-state index contributed by atoms with van der Waals surface area (Å²) in [7, 11) is 0. The number of rotatable bonds is 8. The van der Waals surface area contributed by atoms with E-state index in [4.69, 9.17) is 10.2 Å². The van der Waals surface area contributed by atoms with Crippen molar-refractivity contribution in [3.05, 3.63) is 17.8 Å². The summed E-state index contributed by atoms with van der Waals surface area (Å²) < 4.78 is 9.19. The first-order valence-corrected chi connectivity index (χ1v) is 11.0. The molecule has 1 unspecified atom stereocenters. The van der Waals surface area contributed by atoms with Crippen LogP contribution in [0.4, 0.5) is 0 Å². The summed E-state index contributed by atoms with van der Waals surface area (Å²) >= 11 is 3.34. The minimum absolute atomic E-state index is 0.558. The van der Waals surface area contributed by atoms with Gasteiger partial charge < -0.3 is 15.1 Å². The number of piperidine rings is 3. The van der Waals surface area contributed by atoms with Crippen LogP contribution in [0.3, 0.4) is 0 Å². The van der Waals surface area contributed by atoms with Gasteiger partial charge in [-0.3, -0.25) is 0 Å². The van der Waals surface area contributed by atoms with E-state index in [-0.39, 0.29) is 0 Å². The van der Waals surface area contributed by atoms with Gasteiger partial charge in [-0.05, 0) is 44.0 Å². The molecule has 0 aromatic carbocycles. The summed E-state index contributed by atoms with van der Waals surface area (Å²) in [6, 6.07) is 0. The lowest BCUT2D eigenvalue weighted by atomic mass is 9.78. The molecule has 3 aliphatic rings. The summed E-state index contributed by atoms with van der Waals surface area (Å²) in [5.74, 6) is 0.214. The number of aliphatic carboxylic acids is 2. The van der Waals surface area contributed by atoms with Crippen molar-refractivity contribution in [2.45, 2.75) is 50.0 Å². The van der Waals surface area contributed by atoms with Gasteiger partial charge in [0, 0.05) is 24.6 Å². The molecule has 4 rings (SSSR count). The Bertz CT molecular complexity index is 626. The molecule has 0 spiro atoms. The second-order valence-electron chi connectivity index (χ2n) is 6.76. The Hall–Kier alpha value is -1.45. The Kier molecular flexibility index (Phi) is 9.23. The molecule has 9 heteroatoms. The fraction of sp³-hybridized carbons (Fsp3) is 0.667. The van der Waals surface area contributed by atoms with E-state index in [0.717, 1.165) is 5.92 Å². The molecule has 0 aliphatic carbocycles. The van der Waals surface area contributed by atoms with Crippen molar-refractivity contribution in [1.29, 1.82) is 0 Å². The van der Waals surface area contributed by atoms with Crippen molar-refractivity contribution in [3.63, 3.8) is 0 Å². The molecule has 3 fully saturated rings. The van der Waals surface area contributed by atoms with Gasteiger partial charge in [0.2, 0.25) is 0 Å². The SMILES string of the molecule is CCCCCSc1nsnc1C1CN2CCC1CC2.O=C(O)/C=C/C(=O)O. The summed E-state index contributed by atoms with van der Waals surface area (Å²) in [6.07, 6.45) is 7.77. The van der Waals surface area contributed by atoms with E-state index < -0.39 is 11.9 Å². The number of carboxylic acids is 2. The molecule has 7 nitrogen and oxygen atoms in total. The fourth-order valence-electron chi connectivity index (χ4n) is 3.45. The van der Waals surface area contributed by atoms with Gasteiger partial charge in [0.05, 0.1) is 17.4 Å². The molecule has 1 aromatic heterocycles. The van der Waals surface area contributed by atoms with E-state index in [1.54, 1.807) is 0 Å². The number of aromatic nitrogens is 2. The number of hydrogen-bond acceptors (Lipinski definition) is 7. The van der Waals surface area contributed by atoms with Crippen LogP contribution in [-0.2, 0) is 9.59 Å². The van der Waals surface area contributed by atoms with Crippen molar-refractivity contribution in [1.82, 2.24) is 13.6 Å². The summed E-state index contributed by atoms with van der Waals surface area (Å²) in [4.78, 5) is 21.7. The van der Waals surface area contributed by atoms with Gasteiger partial charge in [0.25, 0.3) is 0 Å².